The second-order valence-electron chi connectivity index (χ2n) is 7.96. The third-order valence-electron chi connectivity index (χ3n) is 5.85. The largest absolute Gasteiger partial charge is 0.468 e. The number of rotatable bonds is 6. The number of nitrogens with one attached hydrogen (secondary N) is 1. The first-order valence-electron chi connectivity index (χ1n) is 10.8. The fraction of sp³-hybridized carbons (Fsp3) is 0.333. The smallest absolute Gasteiger partial charge is 0.289 e. The summed E-state index contributed by atoms with van der Waals surface area (Å²) >= 11 is 1.23. The molecule has 1 fully saturated rings. The number of dihydropyridines is 1. The topological polar surface area (TPSA) is 120 Å². The SMILES string of the molecule is CC(=O)C1=C(C)NC(SCC(=O)N2CCN(C(=O)c3ccco3)CC2)=C(C#N)C1c1ccco1. The number of nitriles is 1. The van der Waals surface area contributed by atoms with Gasteiger partial charge in [0.1, 0.15) is 5.76 Å². The number of Topliss-reactive ketones (excluding diaryl/α,β-unsaturated/α-hetero) is 1. The normalized spacial score (nSPS) is 18.6. The molecule has 0 aromatic carbocycles. The van der Waals surface area contributed by atoms with Gasteiger partial charge < -0.3 is 24.0 Å². The number of carbonyl (C=O) groups excluding carboxylic acids is 3. The van der Waals surface area contributed by atoms with Crippen molar-refractivity contribution < 1.29 is 23.2 Å². The Hall–Kier alpha value is -3.71. The maximum absolute atomic E-state index is 12.9. The number of carbonyl (C=O) groups is 3. The van der Waals surface area contributed by atoms with Crippen molar-refractivity contribution in [3.05, 3.63) is 70.2 Å². The van der Waals surface area contributed by atoms with E-state index in [1.807, 2.05) is 0 Å². The van der Waals surface area contributed by atoms with Crippen LogP contribution in [0.1, 0.15) is 36.1 Å². The Morgan fingerprint density at radius 1 is 1.12 bits per heavy atom. The van der Waals surface area contributed by atoms with E-state index in [9.17, 15) is 19.6 Å². The molecular formula is C24H24N4O5S. The van der Waals surface area contributed by atoms with Gasteiger partial charge in [0.2, 0.25) is 5.91 Å². The van der Waals surface area contributed by atoms with Crippen LogP contribution < -0.4 is 5.32 Å². The Balaban J connectivity index is 1.42. The van der Waals surface area contributed by atoms with Crippen LogP contribution in [0, 0.1) is 11.3 Å². The fourth-order valence-corrected chi connectivity index (χ4v) is 5.17. The summed E-state index contributed by atoms with van der Waals surface area (Å²) in [5, 5.41) is 13.6. The molecule has 0 radical (unpaired) electrons. The molecule has 9 nitrogen and oxygen atoms in total. The van der Waals surface area contributed by atoms with Crippen molar-refractivity contribution in [3.8, 4) is 6.07 Å². The van der Waals surface area contributed by atoms with Crippen LogP contribution in [0.5, 0.6) is 0 Å². The zero-order chi connectivity index (χ0) is 24.2. The van der Waals surface area contributed by atoms with Crippen LogP contribution >= 0.6 is 11.8 Å². The number of allylic oxidation sites excluding steroid dienone is 3. The molecule has 2 amide bonds. The van der Waals surface area contributed by atoms with Crippen LogP contribution in [0.15, 0.2) is 67.5 Å². The summed E-state index contributed by atoms with van der Waals surface area (Å²) in [6.45, 7) is 4.93. The molecule has 0 aliphatic carbocycles. The highest BCUT2D eigenvalue weighted by Gasteiger charge is 2.35. The Bertz CT molecular complexity index is 1180. The predicted molar refractivity (Wildman–Crippen MR) is 124 cm³/mol. The van der Waals surface area contributed by atoms with Gasteiger partial charge in [-0.25, -0.2) is 0 Å². The molecule has 176 valence electrons. The minimum absolute atomic E-state index is 0.0877. The fourth-order valence-electron chi connectivity index (χ4n) is 4.17. The molecule has 34 heavy (non-hydrogen) atoms. The van der Waals surface area contributed by atoms with Gasteiger partial charge in [-0.15, -0.1) is 0 Å². The van der Waals surface area contributed by atoms with Gasteiger partial charge in [0.05, 0.1) is 40.9 Å². The highest BCUT2D eigenvalue weighted by atomic mass is 32.2. The summed E-state index contributed by atoms with van der Waals surface area (Å²) in [4.78, 5) is 41.0. The average Bonchev–Trinajstić information content (AvgIpc) is 3.56. The van der Waals surface area contributed by atoms with E-state index in [4.69, 9.17) is 8.83 Å². The third kappa shape index (κ3) is 4.65. The van der Waals surface area contributed by atoms with E-state index < -0.39 is 5.92 Å². The van der Waals surface area contributed by atoms with Crippen LogP contribution in [0.4, 0.5) is 0 Å². The molecule has 0 spiro atoms. The van der Waals surface area contributed by atoms with Crippen molar-refractivity contribution in [1.29, 1.82) is 5.26 Å². The van der Waals surface area contributed by atoms with Gasteiger partial charge >= 0.3 is 0 Å². The van der Waals surface area contributed by atoms with E-state index in [0.717, 1.165) is 0 Å². The molecule has 0 bridgehead atoms. The molecule has 2 aromatic heterocycles. The minimum Gasteiger partial charge on any atom is -0.468 e. The van der Waals surface area contributed by atoms with Gasteiger partial charge in [-0.2, -0.15) is 5.26 Å². The molecule has 10 heteroatoms. The van der Waals surface area contributed by atoms with E-state index >= 15 is 0 Å². The van der Waals surface area contributed by atoms with E-state index in [0.29, 0.717) is 53.8 Å². The summed E-state index contributed by atoms with van der Waals surface area (Å²) in [5.74, 6) is -0.135. The summed E-state index contributed by atoms with van der Waals surface area (Å²) < 4.78 is 10.7. The Labute approximate surface area is 201 Å². The molecule has 2 aliphatic rings. The molecule has 2 aliphatic heterocycles. The molecule has 1 saturated heterocycles. The lowest BCUT2D eigenvalue weighted by Crippen LogP contribution is -2.51. The van der Waals surface area contributed by atoms with Crippen LogP contribution in [-0.2, 0) is 9.59 Å². The predicted octanol–water partition coefficient (Wildman–Crippen LogP) is 2.88. The molecule has 1 N–H and O–H groups in total. The van der Waals surface area contributed by atoms with Crippen LogP contribution in [0.3, 0.4) is 0 Å². The zero-order valence-corrected chi connectivity index (χ0v) is 19.7. The number of nitrogens with zero attached hydrogens (tertiary/aromatic N) is 3. The van der Waals surface area contributed by atoms with Gasteiger partial charge in [0, 0.05) is 37.4 Å². The van der Waals surface area contributed by atoms with Crippen molar-refractivity contribution in [2.75, 3.05) is 31.9 Å². The molecule has 2 aromatic rings. The summed E-state index contributed by atoms with van der Waals surface area (Å²) in [6.07, 6.45) is 2.96. The highest BCUT2D eigenvalue weighted by Crippen LogP contribution is 2.40. The van der Waals surface area contributed by atoms with Crippen molar-refractivity contribution in [2.45, 2.75) is 19.8 Å². The number of piperazine rings is 1. The third-order valence-corrected chi connectivity index (χ3v) is 6.85. The highest BCUT2D eigenvalue weighted by molar-refractivity contribution is 8.03. The lowest BCUT2D eigenvalue weighted by molar-refractivity contribution is -0.129. The van der Waals surface area contributed by atoms with Crippen LogP contribution in [0.25, 0.3) is 0 Å². The first-order valence-corrected chi connectivity index (χ1v) is 11.8. The minimum atomic E-state index is -0.618. The van der Waals surface area contributed by atoms with Crippen molar-refractivity contribution in [1.82, 2.24) is 15.1 Å². The number of furan rings is 2. The Kier molecular flexibility index (Phi) is 6.93. The van der Waals surface area contributed by atoms with Crippen LogP contribution in [0.2, 0.25) is 0 Å². The molecule has 1 atom stereocenters. The molecule has 1 unspecified atom stereocenters. The van der Waals surface area contributed by atoms with E-state index in [-0.39, 0.29) is 29.1 Å². The zero-order valence-electron chi connectivity index (χ0n) is 18.9. The monoisotopic (exact) mass is 480 g/mol. The second kappa shape index (κ2) is 10.1. The van der Waals surface area contributed by atoms with Crippen molar-refractivity contribution in [2.24, 2.45) is 0 Å². The standard InChI is InChI=1S/C24H24N4O5S/c1-15-21(16(2)29)22(18-5-3-11-32-18)17(13-25)23(26-15)34-14-20(30)27-7-9-28(10-8-27)24(31)19-6-4-12-33-19/h3-6,11-12,22,26H,7-10,14H2,1-2H3. The molecule has 4 heterocycles. The van der Waals surface area contributed by atoms with Gasteiger partial charge in [0.25, 0.3) is 5.91 Å². The van der Waals surface area contributed by atoms with Gasteiger partial charge in [-0.1, -0.05) is 11.8 Å². The Morgan fingerprint density at radius 2 is 1.79 bits per heavy atom. The quantitative estimate of drug-likeness (QED) is 0.670. The average molecular weight is 481 g/mol. The molecule has 0 saturated carbocycles. The molecular weight excluding hydrogens is 456 g/mol. The lowest BCUT2D eigenvalue weighted by atomic mass is 9.84. The van der Waals surface area contributed by atoms with E-state index in [1.54, 1.807) is 41.0 Å². The maximum atomic E-state index is 12.9. The van der Waals surface area contributed by atoms with E-state index in [2.05, 4.69) is 11.4 Å². The number of hydrogen-bond donors (Lipinski definition) is 1. The van der Waals surface area contributed by atoms with E-state index in [1.165, 1.54) is 31.2 Å². The first kappa shape index (κ1) is 23.4. The van der Waals surface area contributed by atoms with Gasteiger partial charge in [-0.05, 0) is 38.1 Å². The van der Waals surface area contributed by atoms with Crippen molar-refractivity contribution >= 4 is 29.4 Å². The van der Waals surface area contributed by atoms with Crippen molar-refractivity contribution in [3.63, 3.8) is 0 Å². The number of ketones is 1. The number of amides is 2. The maximum Gasteiger partial charge on any atom is 0.289 e. The number of thioether (sulfide) groups is 1. The summed E-state index contributed by atoms with van der Waals surface area (Å²) in [6, 6.07) is 8.95. The van der Waals surface area contributed by atoms with Gasteiger partial charge in [0.15, 0.2) is 11.5 Å². The summed E-state index contributed by atoms with van der Waals surface area (Å²) in [5.41, 5.74) is 1.45. The number of hydrogen-bond acceptors (Lipinski definition) is 8. The first-order chi connectivity index (χ1) is 16.4. The second-order valence-corrected chi connectivity index (χ2v) is 8.95. The lowest BCUT2D eigenvalue weighted by Gasteiger charge is -2.34. The van der Waals surface area contributed by atoms with Crippen LogP contribution in [-0.4, -0.2) is 59.3 Å². The Morgan fingerprint density at radius 3 is 2.38 bits per heavy atom. The molecule has 4 rings (SSSR count). The summed E-state index contributed by atoms with van der Waals surface area (Å²) in [7, 11) is 0. The van der Waals surface area contributed by atoms with Gasteiger partial charge in [-0.3, -0.25) is 14.4 Å².